The Morgan fingerprint density at radius 2 is 1.63 bits per heavy atom. The maximum Gasteiger partial charge on any atom is 0.168 e. The van der Waals surface area contributed by atoms with Gasteiger partial charge in [0.1, 0.15) is 0 Å². The third-order valence-electron chi connectivity index (χ3n) is 3.87. The topological polar surface area (TPSA) is 30.5 Å². The second-order valence-corrected chi connectivity index (χ2v) is 6.83. The van der Waals surface area contributed by atoms with Crippen LogP contribution < -0.4 is 5.32 Å². The number of hydrogen-bond donors (Lipinski definition) is 1. The van der Waals surface area contributed by atoms with E-state index >= 15 is 0 Å². The Morgan fingerprint density at radius 1 is 1.05 bits per heavy atom. The minimum absolute atomic E-state index is 0.274. The van der Waals surface area contributed by atoms with Gasteiger partial charge in [0.2, 0.25) is 0 Å². The van der Waals surface area contributed by atoms with E-state index < -0.39 is 0 Å². The average Bonchev–Trinajstić information content (AvgIpc) is 2.85. The van der Waals surface area contributed by atoms with E-state index in [4.69, 9.17) is 9.47 Å². The van der Waals surface area contributed by atoms with Gasteiger partial charge in [-0.3, -0.25) is 0 Å². The second-order valence-electron chi connectivity index (χ2n) is 5.12. The first-order chi connectivity index (χ1) is 9.19. The molecule has 1 aromatic rings. The van der Waals surface area contributed by atoms with Gasteiger partial charge in [-0.25, -0.2) is 0 Å². The van der Waals surface area contributed by atoms with Crippen LogP contribution in [0, 0.1) is 0 Å². The van der Waals surface area contributed by atoms with Crippen LogP contribution in [-0.2, 0) is 9.47 Å². The van der Waals surface area contributed by atoms with Crippen molar-refractivity contribution in [1.29, 1.82) is 0 Å². The molecule has 2 fully saturated rings. The van der Waals surface area contributed by atoms with Crippen molar-refractivity contribution in [3.8, 4) is 0 Å². The lowest BCUT2D eigenvalue weighted by atomic mass is 9.90. The second kappa shape index (κ2) is 5.72. The Kier molecular flexibility index (Phi) is 4.17. The number of para-hydroxylation sites is 1. The van der Waals surface area contributed by atoms with Crippen molar-refractivity contribution in [2.45, 2.75) is 37.5 Å². The molecule has 0 aromatic heterocycles. The summed E-state index contributed by atoms with van der Waals surface area (Å²) in [4.78, 5) is 0. The minimum Gasteiger partial charge on any atom is -0.380 e. The van der Waals surface area contributed by atoms with Crippen LogP contribution in [0.15, 0.2) is 27.1 Å². The van der Waals surface area contributed by atoms with Gasteiger partial charge >= 0.3 is 0 Å². The molecule has 0 bridgehead atoms. The van der Waals surface area contributed by atoms with Gasteiger partial charge in [-0.05, 0) is 56.8 Å². The van der Waals surface area contributed by atoms with E-state index in [1.165, 1.54) is 0 Å². The fourth-order valence-corrected chi connectivity index (χ4v) is 4.05. The van der Waals surface area contributed by atoms with E-state index in [0.29, 0.717) is 6.04 Å². The van der Waals surface area contributed by atoms with Crippen molar-refractivity contribution < 1.29 is 9.47 Å². The molecule has 0 radical (unpaired) electrons. The summed E-state index contributed by atoms with van der Waals surface area (Å²) in [6.07, 6.45) is 4.11. The number of nitrogens with one attached hydrogen (secondary N) is 1. The molecule has 1 aromatic carbocycles. The Labute approximate surface area is 130 Å². The van der Waals surface area contributed by atoms with E-state index in [2.05, 4.69) is 49.3 Å². The smallest absolute Gasteiger partial charge is 0.168 e. The maximum atomic E-state index is 5.76. The fraction of sp³-hybridized carbons (Fsp3) is 0.571. The number of anilines is 1. The zero-order valence-electron chi connectivity index (χ0n) is 10.6. The van der Waals surface area contributed by atoms with Crippen LogP contribution in [0.5, 0.6) is 0 Å². The molecule has 0 unspecified atom stereocenters. The minimum atomic E-state index is -0.274. The van der Waals surface area contributed by atoms with Crippen LogP contribution in [0.4, 0.5) is 5.69 Å². The zero-order valence-corrected chi connectivity index (χ0v) is 13.8. The largest absolute Gasteiger partial charge is 0.380 e. The van der Waals surface area contributed by atoms with Crippen LogP contribution in [-0.4, -0.2) is 25.0 Å². The SMILES string of the molecule is Brc1cccc(Br)c1NC1CCC2(CC1)OCCO2. The monoisotopic (exact) mass is 389 g/mol. The van der Waals surface area contributed by atoms with Crippen molar-refractivity contribution in [3.05, 3.63) is 27.1 Å². The molecule has 104 valence electrons. The van der Waals surface area contributed by atoms with Gasteiger partial charge in [0.05, 0.1) is 18.9 Å². The predicted molar refractivity (Wildman–Crippen MR) is 82.4 cm³/mol. The van der Waals surface area contributed by atoms with Gasteiger partial charge in [0, 0.05) is 27.8 Å². The summed E-state index contributed by atoms with van der Waals surface area (Å²) < 4.78 is 13.7. The Balaban J connectivity index is 1.63. The number of rotatable bonds is 2. The van der Waals surface area contributed by atoms with Crippen LogP contribution in [0.25, 0.3) is 0 Å². The van der Waals surface area contributed by atoms with E-state index in [1.807, 2.05) is 6.07 Å². The molecule has 1 heterocycles. The molecule has 1 spiro atoms. The average molecular weight is 391 g/mol. The highest BCUT2D eigenvalue weighted by Gasteiger charge is 2.40. The number of benzene rings is 1. The van der Waals surface area contributed by atoms with Crippen LogP contribution >= 0.6 is 31.9 Å². The lowest BCUT2D eigenvalue weighted by Gasteiger charge is -2.36. The predicted octanol–water partition coefficient (Wildman–Crippen LogP) is 4.31. The molecule has 19 heavy (non-hydrogen) atoms. The van der Waals surface area contributed by atoms with E-state index in [0.717, 1.165) is 53.5 Å². The molecule has 2 aliphatic rings. The number of ether oxygens (including phenoxy) is 2. The Morgan fingerprint density at radius 3 is 2.21 bits per heavy atom. The standard InChI is InChI=1S/C14H17Br2NO2/c15-11-2-1-3-12(16)13(11)17-10-4-6-14(7-5-10)18-8-9-19-14/h1-3,10,17H,4-9H2. The number of halogens is 2. The van der Waals surface area contributed by atoms with Gasteiger partial charge in [0.15, 0.2) is 5.79 Å². The van der Waals surface area contributed by atoms with Gasteiger partial charge in [-0.1, -0.05) is 6.07 Å². The Bertz CT molecular complexity index is 431. The molecule has 3 rings (SSSR count). The van der Waals surface area contributed by atoms with Gasteiger partial charge in [-0.2, -0.15) is 0 Å². The van der Waals surface area contributed by atoms with Gasteiger partial charge in [0.25, 0.3) is 0 Å². The van der Waals surface area contributed by atoms with E-state index in [9.17, 15) is 0 Å². The Hall–Kier alpha value is -0.100. The molecule has 0 amide bonds. The first-order valence-corrected chi connectivity index (χ1v) is 8.26. The van der Waals surface area contributed by atoms with Crippen LogP contribution in [0.3, 0.4) is 0 Å². The lowest BCUT2D eigenvalue weighted by Crippen LogP contribution is -2.39. The molecule has 1 aliphatic carbocycles. The zero-order chi connectivity index (χ0) is 13.3. The van der Waals surface area contributed by atoms with Crippen molar-refractivity contribution in [2.75, 3.05) is 18.5 Å². The molecule has 1 saturated carbocycles. The van der Waals surface area contributed by atoms with Crippen molar-refractivity contribution in [2.24, 2.45) is 0 Å². The van der Waals surface area contributed by atoms with Crippen LogP contribution in [0.2, 0.25) is 0 Å². The van der Waals surface area contributed by atoms with Gasteiger partial charge < -0.3 is 14.8 Å². The molecule has 1 N–H and O–H groups in total. The first-order valence-electron chi connectivity index (χ1n) is 6.67. The summed E-state index contributed by atoms with van der Waals surface area (Å²) in [5.74, 6) is -0.274. The highest BCUT2D eigenvalue weighted by atomic mass is 79.9. The van der Waals surface area contributed by atoms with E-state index in [1.54, 1.807) is 0 Å². The third kappa shape index (κ3) is 2.99. The molecule has 3 nitrogen and oxygen atoms in total. The highest BCUT2D eigenvalue weighted by molar-refractivity contribution is 9.11. The first kappa shape index (κ1) is 13.9. The summed E-state index contributed by atoms with van der Waals surface area (Å²) in [5, 5.41) is 3.62. The van der Waals surface area contributed by atoms with Crippen molar-refractivity contribution in [1.82, 2.24) is 0 Å². The molecule has 1 aliphatic heterocycles. The van der Waals surface area contributed by atoms with Crippen molar-refractivity contribution in [3.63, 3.8) is 0 Å². The molecular weight excluding hydrogens is 374 g/mol. The quantitative estimate of drug-likeness (QED) is 0.816. The summed E-state index contributed by atoms with van der Waals surface area (Å²) >= 11 is 7.18. The van der Waals surface area contributed by atoms with Crippen molar-refractivity contribution >= 4 is 37.5 Å². The fourth-order valence-electron chi connectivity index (χ4n) is 2.83. The van der Waals surface area contributed by atoms with Crippen LogP contribution in [0.1, 0.15) is 25.7 Å². The summed E-state index contributed by atoms with van der Waals surface area (Å²) in [6, 6.07) is 6.62. The summed E-state index contributed by atoms with van der Waals surface area (Å²) in [5.41, 5.74) is 1.14. The highest BCUT2D eigenvalue weighted by Crippen LogP contribution is 2.38. The lowest BCUT2D eigenvalue weighted by molar-refractivity contribution is -0.177. The normalized spacial score (nSPS) is 22.8. The van der Waals surface area contributed by atoms with Gasteiger partial charge in [-0.15, -0.1) is 0 Å². The maximum absolute atomic E-state index is 5.76. The summed E-state index contributed by atoms with van der Waals surface area (Å²) in [7, 11) is 0. The third-order valence-corrected chi connectivity index (χ3v) is 5.19. The molecule has 0 atom stereocenters. The molecular formula is C14H17Br2NO2. The molecule has 5 heteroatoms. The summed E-state index contributed by atoms with van der Waals surface area (Å²) in [6.45, 7) is 1.49. The van der Waals surface area contributed by atoms with E-state index in [-0.39, 0.29) is 5.79 Å². The number of hydrogen-bond acceptors (Lipinski definition) is 3. The molecule has 1 saturated heterocycles.